The van der Waals surface area contributed by atoms with Crippen LogP contribution in [0.25, 0.3) is 0 Å². The molecule has 0 radical (unpaired) electrons. The normalized spacial score (nSPS) is 21.4. The minimum absolute atomic E-state index is 0.0188. The van der Waals surface area contributed by atoms with Crippen molar-refractivity contribution in [2.45, 2.75) is 45.3 Å². The van der Waals surface area contributed by atoms with E-state index >= 15 is 0 Å². The Kier molecular flexibility index (Phi) is 4.88. The molecular weight excluding hydrogens is 284 g/mol. The molecule has 1 saturated heterocycles. The van der Waals surface area contributed by atoms with Gasteiger partial charge in [-0.05, 0) is 31.7 Å². The molecule has 1 aliphatic rings. The van der Waals surface area contributed by atoms with Crippen LogP contribution >= 0.6 is 11.8 Å². The van der Waals surface area contributed by atoms with Gasteiger partial charge in [0.15, 0.2) is 5.16 Å². The van der Waals surface area contributed by atoms with E-state index in [1.165, 1.54) is 11.8 Å². The maximum Gasteiger partial charge on any atom is 0.233 e. The van der Waals surface area contributed by atoms with Gasteiger partial charge in [0.05, 0.1) is 5.75 Å². The number of aryl methyl sites for hydroxylation is 2. The van der Waals surface area contributed by atoms with Gasteiger partial charge >= 0.3 is 0 Å². The number of rotatable bonds is 3. The molecule has 2 N–H and O–H groups in total. The van der Waals surface area contributed by atoms with E-state index in [0.29, 0.717) is 10.9 Å². The maximum atomic E-state index is 12.3. The highest BCUT2D eigenvalue weighted by Gasteiger charge is 2.35. The van der Waals surface area contributed by atoms with Crippen LogP contribution in [0, 0.1) is 19.3 Å². The molecule has 21 heavy (non-hydrogen) atoms. The molecule has 1 fully saturated rings. The van der Waals surface area contributed by atoms with Gasteiger partial charge in [0, 0.05) is 30.5 Å². The summed E-state index contributed by atoms with van der Waals surface area (Å²) in [5.74, 6) is 0.525. The van der Waals surface area contributed by atoms with Gasteiger partial charge in [-0.3, -0.25) is 4.79 Å². The smallest absolute Gasteiger partial charge is 0.233 e. The molecule has 5 nitrogen and oxygen atoms in total. The summed E-state index contributed by atoms with van der Waals surface area (Å²) in [5.41, 5.74) is 7.96. The van der Waals surface area contributed by atoms with Gasteiger partial charge in [0.25, 0.3) is 0 Å². The van der Waals surface area contributed by atoms with E-state index < -0.39 is 0 Å². The van der Waals surface area contributed by atoms with Crippen molar-refractivity contribution in [3.05, 3.63) is 17.5 Å². The van der Waals surface area contributed by atoms with Gasteiger partial charge in [0.2, 0.25) is 5.91 Å². The molecule has 2 rings (SSSR count). The Morgan fingerprint density at radius 3 is 2.62 bits per heavy atom. The standard InChI is InChI=1S/C15H24N4OS/c1-10-7-11(2)18-14(17-10)21-8-13(20)19-6-5-12(16)15(3,4)9-19/h7,12H,5-6,8-9,16H2,1-4H3. The molecule has 1 atom stereocenters. The summed E-state index contributed by atoms with van der Waals surface area (Å²) >= 11 is 1.41. The van der Waals surface area contributed by atoms with Gasteiger partial charge in [0.1, 0.15) is 0 Å². The topological polar surface area (TPSA) is 72.1 Å². The quantitative estimate of drug-likeness (QED) is 0.680. The second-order valence-electron chi connectivity index (χ2n) is 6.42. The summed E-state index contributed by atoms with van der Waals surface area (Å²) in [6.07, 6.45) is 0.865. The second-order valence-corrected chi connectivity index (χ2v) is 7.36. The molecule has 1 aliphatic heterocycles. The van der Waals surface area contributed by atoms with Crippen LogP contribution in [0.1, 0.15) is 31.7 Å². The number of hydrogen-bond acceptors (Lipinski definition) is 5. The monoisotopic (exact) mass is 308 g/mol. The van der Waals surface area contributed by atoms with E-state index in [-0.39, 0.29) is 17.4 Å². The molecule has 0 bridgehead atoms. The van der Waals surface area contributed by atoms with Crippen molar-refractivity contribution in [2.24, 2.45) is 11.1 Å². The Balaban J connectivity index is 1.93. The van der Waals surface area contributed by atoms with Crippen LogP contribution in [-0.4, -0.2) is 45.7 Å². The molecule has 1 aromatic heterocycles. The lowest BCUT2D eigenvalue weighted by atomic mass is 9.80. The van der Waals surface area contributed by atoms with E-state index in [1.807, 2.05) is 24.8 Å². The lowest BCUT2D eigenvalue weighted by Crippen LogP contribution is -2.54. The van der Waals surface area contributed by atoms with Crippen LogP contribution in [0.5, 0.6) is 0 Å². The van der Waals surface area contributed by atoms with Crippen molar-refractivity contribution in [3.63, 3.8) is 0 Å². The largest absolute Gasteiger partial charge is 0.341 e. The van der Waals surface area contributed by atoms with Crippen LogP contribution in [0.15, 0.2) is 11.2 Å². The van der Waals surface area contributed by atoms with Gasteiger partial charge in [-0.2, -0.15) is 0 Å². The van der Waals surface area contributed by atoms with E-state index in [1.54, 1.807) is 0 Å². The summed E-state index contributed by atoms with van der Waals surface area (Å²) in [6, 6.07) is 2.09. The molecule has 116 valence electrons. The van der Waals surface area contributed by atoms with Gasteiger partial charge in [-0.25, -0.2) is 9.97 Å². The van der Waals surface area contributed by atoms with Crippen LogP contribution in [-0.2, 0) is 4.79 Å². The second kappa shape index (κ2) is 6.32. The minimum Gasteiger partial charge on any atom is -0.341 e. The maximum absolute atomic E-state index is 12.3. The number of carbonyl (C=O) groups is 1. The first-order valence-electron chi connectivity index (χ1n) is 7.26. The number of nitrogens with two attached hydrogens (primary N) is 1. The van der Waals surface area contributed by atoms with E-state index in [0.717, 1.165) is 30.9 Å². The predicted molar refractivity (Wildman–Crippen MR) is 85.2 cm³/mol. The van der Waals surface area contributed by atoms with Crippen molar-refractivity contribution in [3.8, 4) is 0 Å². The number of amides is 1. The Labute approximate surface area is 130 Å². The molecule has 0 spiro atoms. The fourth-order valence-electron chi connectivity index (χ4n) is 2.56. The van der Waals surface area contributed by atoms with E-state index in [4.69, 9.17) is 5.73 Å². The first-order valence-corrected chi connectivity index (χ1v) is 8.25. The summed E-state index contributed by atoms with van der Waals surface area (Å²) in [5, 5.41) is 0.675. The molecule has 1 unspecified atom stereocenters. The Morgan fingerprint density at radius 1 is 1.43 bits per heavy atom. The van der Waals surface area contributed by atoms with Gasteiger partial charge in [-0.1, -0.05) is 25.6 Å². The van der Waals surface area contributed by atoms with Crippen molar-refractivity contribution in [2.75, 3.05) is 18.8 Å². The number of piperidine rings is 1. The lowest BCUT2D eigenvalue weighted by Gasteiger charge is -2.42. The molecule has 6 heteroatoms. The number of aromatic nitrogens is 2. The van der Waals surface area contributed by atoms with Crippen LogP contribution < -0.4 is 5.73 Å². The molecule has 2 heterocycles. The van der Waals surface area contributed by atoms with Crippen molar-refractivity contribution in [1.82, 2.24) is 14.9 Å². The summed E-state index contributed by atoms with van der Waals surface area (Å²) < 4.78 is 0. The zero-order chi connectivity index (χ0) is 15.6. The van der Waals surface area contributed by atoms with Crippen LogP contribution in [0.3, 0.4) is 0 Å². The van der Waals surface area contributed by atoms with Crippen LogP contribution in [0.4, 0.5) is 0 Å². The van der Waals surface area contributed by atoms with Gasteiger partial charge < -0.3 is 10.6 Å². The first kappa shape index (κ1) is 16.2. The Morgan fingerprint density at radius 2 is 2.05 bits per heavy atom. The summed E-state index contributed by atoms with van der Waals surface area (Å²) in [6.45, 7) is 9.59. The molecular formula is C15H24N4OS. The number of thioether (sulfide) groups is 1. The van der Waals surface area contributed by atoms with E-state index in [9.17, 15) is 4.79 Å². The minimum atomic E-state index is -0.0188. The number of hydrogen-bond donors (Lipinski definition) is 1. The highest BCUT2D eigenvalue weighted by Crippen LogP contribution is 2.28. The third-order valence-electron chi connectivity index (χ3n) is 3.95. The molecule has 1 amide bonds. The Bertz CT molecular complexity index is 512. The molecule has 0 aliphatic carbocycles. The van der Waals surface area contributed by atoms with Crippen molar-refractivity contribution in [1.29, 1.82) is 0 Å². The van der Waals surface area contributed by atoms with Crippen molar-refractivity contribution < 1.29 is 4.79 Å². The first-order chi connectivity index (χ1) is 9.78. The van der Waals surface area contributed by atoms with Crippen molar-refractivity contribution >= 4 is 17.7 Å². The number of carbonyl (C=O) groups excluding carboxylic acids is 1. The highest BCUT2D eigenvalue weighted by atomic mass is 32.2. The summed E-state index contributed by atoms with van der Waals surface area (Å²) in [4.78, 5) is 23.0. The third-order valence-corrected chi connectivity index (χ3v) is 4.78. The fraction of sp³-hybridized carbons (Fsp3) is 0.667. The predicted octanol–water partition coefficient (Wildman–Crippen LogP) is 1.77. The molecule has 1 aromatic rings. The lowest BCUT2D eigenvalue weighted by molar-refractivity contribution is -0.131. The third kappa shape index (κ3) is 4.17. The fourth-order valence-corrected chi connectivity index (χ4v) is 3.41. The number of nitrogens with zero attached hydrogens (tertiary/aromatic N) is 3. The SMILES string of the molecule is Cc1cc(C)nc(SCC(=O)N2CCC(N)C(C)(C)C2)n1. The van der Waals surface area contributed by atoms with E-state index in [2.05, 4.69) is 23.8 Å². The zero-order valence-corrected chi connectivity index (χ0v) is 14.0. The van der Waals surface area contributed by atoms with Crippen LogP contribution in [0.2, 0.25) is 0 Å². The molecule has 0 aromatic carbocycles. The highest BCUT2D eigenvalue weighted by molar-refractivity contribution is 7.99. The summed E-state index contributed by atoms with van der Waals surface area (Å²) in [7, 11) is 0. The zero-order valence-electron chi connectivity index (χ0n) is 13.2. The average molecular weight is 308 g/mol. The Hall–Kier alpha value is -1.14. The molecule has 0 saturated carbocycles. The average Bonchev–Trinajstić information content (AvgIpc) is 2.38. The number of likely N-dealkylation sites (tertiary alicyclic amines) is 1. The van der Waals surface area contributed by atoms with Gasteiger partial charge in [-0.15, -0.1) is 0 Å².